The molecule has 5 nitrogen and oxygen atoms in total. The molecule has 0 spiro atoms. The van der Waals surface area contributed by atoms with Crippen LogP contribution in [0.5, 0.6) is 5.75 Å². The Kier molecular flexibility index (Phi) is 7.11. The molecule has 1 aromatic carbocycles. The number of carbonyl (C=O) groups is 1. The molecule has 1 fully saturated rings. The lowest BCUT2D eigenvalue weighted by molar-refractivity contribution is -0.194. The maximum atomic E-state index is 13.8. The SMILES string of the molecule is CCOc1ccccc1[C@@](N)(C(=O)NCCN1CCC[C@H](C)C1)C(F)(F)F. The second kappa shape index (κ2) is 8.93. The minimum atomic E-state index is -4.97. The molecule has 1 aromatic rings. The number of nitrogens with zero attached hydrogens (tertiary/aromatic N) is 1. The van der Waals surface area contributed by atoms with E-state index in [-0.39, 0.29) is 24.5 Å². The molecule has 0 aromatic heterocycles. The maximum absolute atomic E-state index is 13.8. The van der Waals surface area contributed by atoms with Gasteiger partial charge in [0.15, 0.2) is 0 Å². The van der Waals surface area contributed by atoms with E-state index in [9.17, 15) is 18.0 Å². The number of nitrogens with two attached hydrogens (primary N) is 1. The van der Waals surface area contributed by atoms with Crippen LogP contribution in [0.4, 0.5) is 13.2 Å². The van der Waals surface area contributed by atoms with Gasteiger partial charge < -0.3 is 20.7 Å². The molecule has 1 amide bonds. The third-order valence-electron chi connectivity index (χ3n) is 4.87. The van der Waals surface area contributed by atoms with Gasteiger partial charge in [-0.1, -0.05) is 25.1 Å². The van der Waals surface area contributed by atoms with Crippen LogP contribution in [0.1, 0.15) is 32.3 Å². The van der Waals surface area contributed by atoms with Crippen molar-refractivity contribution >= 4 is 5.91 Å². The second-order valence-electron chi connectivity index (χ2n) is 7.04. The minimum Gasteiger partial charge on any atom is -0.494 e. The summed E-state index contributed by atoms with van der Waals surface area (Å²) in [5, 5.41) is 2.38. The van der Waals surface area contributed by atoms with Crippen molar-refractivity contribution in [3.8, 4) is 5.75 Å². The molecule has 1 saturated heterocycles. The number of hydrogen-bond acceptors (Lipinski definition) is 4. The van der Waals surface area contributed by atoms with Crippen molar-refractivity contribution < 1.29 is 22.7 Å². The Hall–Kier alpha value is -1.80. The summed E-state index contributed by atoms with van der Waals surface area (Å²) in [6, 6.07) is 5.52. The number of hydrogen-bond donors (Lipinski definition) is 2. The highest BCUT2D eigenvalue weighted by molar-refractivity contribution is 5.89. The van der Waals surface area contributed by atoms with Crippen molar-refractivity contribution in [2.45, 2.75) is 38.4 Å². The zero-order chi connectivity index (χ0) is 20.1. The minimum absolute atomic E-state index is 0.0418. The first-order valence-corrected chi connectivity index (χ1v) is 9.28. The molecule has 0 saturated carbocycles. The normalized spacial score (nSPS) is 20.7. The fraction of sp³-hybridized carbons (Fsp3) is 0.632. The lowest BCUT2D eigenvalue weighted by Gasteiger charge is -2.33. The number of ether oxygens (including phenoxy) is 1. The molecule has 0 bridgehead atoms. The number of nitrogens with one attached hydrogen (secondary N) is 1. The molecular formula is C19H28F3N3O2. The zero-order valence-electron chi connectivity index (χ0n) is 15.8. The first-order chi connectivity index (χ1) is 12.7. The van der Waals surface area contributed by atoms with Crippen molar-refractivity contribution in [2.75, 3.05) is 32.8 Å². The van der Waals surface area contributed by atoms with Crippen molar-refractivity contribution in [3.05, 3.63) is 29.8 Å². The summed E-state index contributed by atoms with van der Waals surface area (Å²) >= 11 is 0. The summed E-state index contributed by atoms with van der Waals surface area (Å²) in [5.74, 6) is -0.761. The highest BCUT2D eigenvalue weighted by Crippen LogP contribution is 2.41. The largest absolute Gasteiger partial charge is 0.494 e. The molecular weight excluding hydrogens is 359 g/mol. The van der Waals surface area contributed by atoms with E-state index in [2.05, 4.69) is 17.1 Å². The van der Waals surface area contributed by atoms with Crippen LogP contribution in [0, 0.1) is 5.92 Å². The van der Waals surface area contributed by atoms with Gasteiger partial charge in [-0.25, -0.2) is 0 Å². The van der Waals surface area contributed by atoms with E-state index >= 15 is 0 Å². The van der Waals surface area contributed by atoms with Gasteiger partial charge in [-0.15, -0.1) is 0 Å². The van der Waals surface area contributed by atoms with Gasteiger partial charge in [-0.3, -0.25) is 4.79 Å². The van der Waals surface area contributed by atoms with E-state index in [1.165, 1.54) is 18.2 Å². The van der Waals surface area contributed by atoms with Crippen molar-refractivity contribution in [2.24, 2.45) is 11.7 Å². The van der Waals surface area contributed by atoms with Crippen molar-refractivity contribution in [3.63, 3.8) is 0 Å². The van der Waals surface area contributed by atoms with E-state index in [0.717, 1.165) is 25.9 Å². The van der Waals surface area contributed by atoms with Crippen molar-refractivity contribution in [1.82, 2.24) is 10.2 Å². The maximum Gasteiger partial charge on any atom is 0.419 e. The van der Waals surface area contributed by atoms with Crippen LogP contribution in [-0.2, 0) is 10.3 Å². The number of benzene rings is 1. The summed E-state index contributed by atoms with van der Waals surface area (Å²) in [5.41, 5.74) is 2.12. The lowest BCUT2D eigenvalue weighted by Crippen LogP contribution is -2.61. The molecule has 27 heavy (non-hydrogen) atoms. The monoisotopic (exact) mass is 387 g/mol. The fourth-order valence-electron chi connectivity index (χ4n) is 3.43. The van der Waals surface area contributed by atoms with E-state index in [1.54, 1.807) is 13.0 Å². The van der Waals surface area contributed by atoms with Gasteiger partial charge in [0.05, 0.1) is 6.61 Å². The Labute approximate surface area is 158 Å². The standard InChI is InChI=1S/C19H28F3N3O2/c1-3-27-16-9-5-4-8-15(16)18(23,19(20,21)22)17(26)24-10-12-25-11-6-7-14(2)13-25/h4-5,8-9,14H,3,6-7,10-13,23H2,1-2H3,(H,24,26)/t14-,18+/m0/s1. The molecule has 2 rings (SSSR count). The summed E-state index contributed by atoms with van der Waals surface area (Å²) < 4.78 is 46.8. The predicted octanol–water partition coefficient (Wildman–Crippen LogP) is 2.65. The van der Waals surface area contributed by atoms with E-state index in [4.69, 9.17) is 10.5 Å². The van der Waals surface area contributed by atoms with Crippen LogP contribution in [0.2, 0.25) is 0 Å². The number of para-hydroxylation sites is 1. The van der Waals surface area contributed by atoms with Crippen LogP contribution < -0.4 is 15.8 Å². The van der Waals surface area contributed by atoms with Gasteiger partial charge >= 0.3 is 6.18 Å². The quantitative estimate of drug-likeness (QED) is 0.755. The molecule has 152 valence electrons. The average Bonchev–Trinajstić information content (AvgIpc) is 2.61. The molecule has 0 radical (unpaired) electrons. The first-order valence-electron chi connectivity index (χ1n) is 9.28. The highest BCUT2D eigenvalue weighted by Gasteiger charge is 2.60. The highest BCUT2D eigenvalue weighted by atomic mass is 19.4. The molecule has 1 aliphatic heterocycles. The third kappa shape index (κ3) is 4.93. The van der Waals surface area contributed by atoms with Crippen molar-refractivity contribution in [1.29, 1.82) is 0 Å². The van der Waals surface area contributed by atoms with E-state index < -0.39 is 17.6 Å². The number of halogens is 3. The number of likely N-dealkylation sites (tertiary alicyclic amines) is 1. The van der Waals surface area contributed by atoms with Gasteiger partial charge in [0.1, 0.15) is 5.75 Å². The Morgan fingerprint density at radius 2 is 2.07 bits per heavy atom. The molecule has 0 aliphatic carbocycles. The van der Waals surface area contributed by atoms with Gasteiger partial charge in [-0.05, 0) is 38.3 Å². The predicted molar refractivity (Wildman–Crippen MR) is 97.4 cm³/mol. The van der Waals surface area contributed by atoms with Gasteiger partial charge in [0.2, 0.25) is 5.54 Å². The number of alkyl halides is 3. The number of rotatable bonds is 7. The van der Waals surface area contributed by atoms with Crippen LogP contribution in [0.15, 0.2) is 24.3 Å². The first kappa shape index (κ1) is 21.5. The molecule has 2 atom stereocenters. The number of carbonyl (C=O) groups excluding carboxylic acids is 1. The summed E-state index contributed by atoms with van der Waals surface area (Å²) in [6.07, 6.45) is -2.76. The Morgan fingerprint density at radius 1 is 1.37 bits per heavy atom. The summed E-state index contributed by atoms with van der Waals surface area (Å²) in [6.45, 7) is 6.34. The van der Waals surface area contributed by atoms with Crippen LogP contribution in [0.3, 0.4) is 0 Å². The summed E-state index contributed by atoms with van der Waals surface area (Å²) in [7, 11) is 0. The van der Waals surface area contributed by atoms with E-state index in [0.29, 0.717) is 12.5 Å². The Bertz CT molecular complexity index is 639. The van der Waals surface area contributed by atoms with Crippen LogP contribution >= 0.6 is 0 Å². The van der Waals surface area contributed by atoms with Gasteiger partial charge in [0.25, 0.3) is 5.91 Å². The summed E-state index contributed by atoms with van der Waals surface area (Å²) in [4.78, 5) is 14.7. The fourth-order valence-corrected chi connectivity index (χ4v) is 3.43. The molecule has 1 heterocycles. The third-order valence-corrected chi connectivity index (χ3v) is 4.87. The molecule has 1 aliphatic rings. The smallest absolute Gasteiger partial charge is 0.419 e. The van der Waals surface area contributed by atoms with E-state index in [1.807, 2.05) is 0 Å². The van der Waals surface area contributed by atoms with Crippen LogP contribution in [0.25, 0.3) is 0 Å². The number of amides is 1. The molecule has 0 unspecified atom stereocenters. The number of piperidine rings is 1. The van der Waals surface area contributed by atoms with Crippen LogP contribution in [-0.4, -0.2) is 49.8 Å². The average molecular weight is 387 g/mol. The molecule has 8 heteroatoms. The Balaban J connectivity index is 2.14. The van der Waals surface area contributed by atoms with Gasteiger partial charge in [0, 0.05) is 25.2 Å². The topological polar surface area (TPSA) is 67.6 Å². The second-order valence-corrected chi connectivity index (χ2v) is 7.04. The zero-order valence-corrected chi connectivity index (χ0v) is 15.8. The van der Waals surface area contributed by atoms with Gasteiger partial charge in [-0.2, -0.15) is 13.2 Å². The molecule has 3 N–H and O–H groups in total. The lowest BCUT2D eigenvalue weighted by atomic mass is 9.88. The Morgan fingerprint density at radius 3 is 2.70 bits per heavy atom.